The molecule has 6 heteroatoms. The number of hydrogen-bond acceptors (Lipinski definition) is 3. The van der Waals surface area contributed by atoms with E-state index >= 15 is 0 Å². The van der Waals surface area contributed by atoms with E-state index in [0.717, 1.165) is 16.1 Å². The second-order valence-electron chi connectivity index (χ2n) is 4.58. The van der Waals surface area contributed by atoms with Gasteiger partial charge in [0.2, 0.25) is 5.91 Å². The lowest BCUT2D eigenvalue weighted by Crippen LogP contribution is -2.27. The van der Waals surface area contributed by atoms with Crippen LogP contribution < -0.4 is 0 Å². The van der Waals surface area contributed by atoms with E-state index in [0.29, 0.717) is 21.9 Å². The highest BCUT2D eigenvalue weighted by Crippen LogP contribution is 2.19. The molecule has 0 aliphatic rings. The number of hydrogen-bond donors (Lipinski definition) is 1. The van der Waals surface area contributed by atoms with Gasteiger partial charge in [0.1, 0.15) is 0 Å². The van der Waals surface area contributed by atoms with E-state index in [2.05, 4.69) is 4.98 Å². The number of rotatable bonds is 4. The Balaban J connectivity index is 2.04. The van der Waals surface area contributed by atoms with Crippen LogP contribution in [0.2, 0.25) is 5.02 Å². The molecule has 0 saturated carbocycles. The van der Waals surface area contributed by atoms with Crippen LogP contribution in [-0.4, -0.2) is 22.8 Å². The van der Waals surface area contributed by atoms with E-state index in [-0.39, 0.29) is 5.91 Å². The molecule has 0 saturated heterocycles. The predicted octanol–water partition coefficient (Wildman–Crippen LogP) is 3.97. The molecule has 106 valence electrons. The molecule has 0 radical (unpaired) electrons. The number of aromatic amines is 1. The van der Waals surface area contributed by atoms with Crippen LogP contribution in [0.1, 0.15) is 16.1 Å². The van der Waals surface area contributed by atoms with Gasteiger partial charge in [0.05, 0.1) is 6.42 Å². The Morgan fingerprint density at radius 1 is 1.45 bits per heavy atom. The van der Waals surface area contributed by atoms with Gasteiger partial charge in [0, 0.05) is 29.2 Å². The number of amides is 1. The summed E-state index contributed by atoms with van der Waals surface area (Å²) in [6, 6.07) is 7.56. The lowest BCUT2D eigenvalue weighted by molar-refractivity contribution is -0.129. The number of H-pyrrole nitrogens is 1. The van der Waals surface area contributed by atoms with Crippen molar-refractivity contribution in [3.05, 3.63) is 49.4 Å². The second kappa shape index (κ2) is 6.52. The van der Waals surface area contributed by atoms with E-state index in [9.17, 15) is 4.79 Å². The SMILES string of the molecule is Cc1[nH]c(=S)sc1CC(=O)N(C)Cc1ccccc1Cl. The minimum atomic E-state index is 0.0540. The summed E-state index contributed by atoms with van der Waals surface area (Å²) in [6.45, 7) is 2.44. The average Bonchev–Trinajstić information content (AvgIpc) is 2.70. The van der Waals surface area contributed by atoms with Crippen LogP contribution in [0.25, 0.3) is 0 Å². The monoisotopic (exact) mass is 326 g/mol. The number of carbonyl (C=O) groups is 1. The molecule has 0 aliphatic heterocycles. The summed E-state index contributed by atoms with van der Waals surface area (Å²) in [6.07, 6.45) is 0.366. The molecule has 2 rings (SSSR count). The highest BCUT2D eigenvalue weighted by Gasteiger charge is 2.14. The number of aryl methyl sites for hydroxylation is 1. The van der Waals surface area contributed by atoms with Crippen molar-refractivity contribution in [2.45, 2.75) is 19.9 Å². The highest BCUT2D eigenvalue weighted by molar-refractivity contribution is 7.73. The molecule has 0 atom stereocenters. The molecule has 1 heterocycles. The number of benzene rings is 1. The molecule has 0 aliphatic carbocycles. The van der Waals surface area contributed by atoms with Crippen molar-refractivity contribution in [1.29, 1.82) is 0 Å². The largest absolute Gasteiger partial charge is 0.341 e. The Labute approximate surface area is 132 Å². The molecule has 1 aromatic heterocycles. The molecule has 1 amide bonds. The second-order valence-corrected chi connectivity index (χ2v) is 6.76. The summed E-state index contributed by atoms with van der Waals surface area (Å²) in [4.78, 5) is 18.0. The fraction of sp³-hybridized carbons (Fsp3) is 0.286. The first-order valence-corrected chi connectivity index (χ1v) is 7.73. The van der Waals surface area contributed by atoms with Crippen LogP contribution >= 0.6 is 35.2 Å². The quantitative estimate of drug-likeness (QED) is 0.863. The van der Waals surface area contributed by atoms with Gasteiger partial charge in [-0.25, -0.2) is 0 Å². The van der Waals surface area contributed by atoms with E-state index in [1.165, 1.54) is 11.3 Å². The molecule has 1 N–H and O–H groups in total. The summed E-state index contributed by atoms with van der Waals surface area (Å²) < 4.78 is 0.707. The van der Waals surface area contributed by atoms with Gasteiger partial charge in [0.25, 0.3) is 0 Å². The Hall–Kier alpha value is -1.17. The van der Waals surface area contributed by atoms with Crippen LogP contribution in [0.15, 0.2) is 24.3 Å². The fourth-order valence-corrected chi connectivity index (χ4v) is 3.33. The van der Waals surface area contributed by atoms with Crippen molar-refractivity contribution in [2.75, 3.05) is 7.05 Å². The van der Waals surface area contributed by atoms with Gasteiger partial charge in [-0.1, -0.05) is 29.8 Å². The van der Waals surface area contributed by atoms with Gasteiger partial charge in [-0.15, -0.1) is 11.3 Å². The maximum absolute atomic E-state index is 12.2. The minimum Gasteiger partial charge on any atom is -0.341 e. The van der Waals surface area contributed by atoms with Crippen molar-refractivity contribution in [2.24, 2.45) is 0 Å². The molecule has 3 nitrogen and oxygen atoms in total. The molecule has 0 fully saturated rings. The number of carbonyl (C=O) groups excluding carboxylic acids is 1. The Morgan fingerprint density at radius 3 is 2.75 bits per heavy atom. The topological polar surface area (TPSA) is 36.1 Å². The van der Waals surface area contributed by atoms with Gasteiger partial charge in [-0.2, -0.15) is 0 Å². The Kier molecular flexibility index (Phi) is 4.96. The van der Waals surface area contributed by atoms with E-state index in [1.54, 1.807) is 11.9 Å². The van der Waals surface area contributed by atoms with E-state index < -0.39 is 0 Å². The van der Waals surface area contributed by atoms with Gasteiger partial charge in [0.15, 0.2) is 3.95 Å². The molecular formula is C14H15ClN2OS2. The zero-order chi connectivity index (χ0) is 14.7. The third-order valence-corrected chi connectivity index (χ3v) is 4.73. The first-order valence-electron chi connectivity index (χ1n) is 6.13. The molecular weight excluding hydrogens is 312 g/mol. The fourth-order valence-electron chi connectivity index (χ4n) is 1.85. The number of aromatic nitrogens is 1. The van der Waals surface area contributed by atoms with Crippen molar-refractivity contribution >= 4 is 41.1 Å². The molecule has 0 unspecified atom stereocenters. The maximum atomic E-state index is 12.2. The zero-order valence-corrected chi connectivity index (χ0v) is 13.7. The van der Waals surface area contributed by atoms with E-state index in [1.807, 2.05) is 31.2 Å². The summed E-state index contributed by atoms with van der Waals surface area (Å²) in [5, 5.41) is 0.681. The number of thiazole rings is 1. The average molecular weight is 327 g/mol. The minimum absolute atomic E-state index is 0.0540. The summed E-state index contributed by atoms with van der Waals surface area (Å²) in [5.41, 5.74) is 1.92. The van der Waals surface area contributed by atoms with E-state index in [4.69, 9.17) is 23.8 Å². The number of likely N-dealkylation sites (N-methyl/N-ethyl adjacent to an activating group) is 1. The number of nitrogens with zero attached hydrogens (tertiary/aromatic N) is 1. The maximum Gasteiger partial charge on any atom is 0.227 e. The van der Waals surface area contributed by atoms with Crippen LogP contribution in [0, 0.1) is 10.9 Å². The third kappa shape index (κ3) is 3.69. The molecule has 20 heavy (non-hydrogen) atoms. The van der Waals surface area contributed by atoms with Crippen LogP contribution in [0.4, 0.5) is 0 Å². The molecule has 1 aromatic carbocycles. The van der Waals surface area contributed by atoms with Gasteiger partial charge in [-0.05, 0) is 30.8 Å². The van der Waals surface area contributed by atoms with Crippen molar-refractivity contribution in [1.82, 2.24) is 9.88 Å². The summed E-state index contributed by atoms with van der Waals surface area (Å²) >= 11 is 12.6. The molecule has 0 spiro atoms. The van der Waals surface area contributed by atoms with Crippen LogP contribution in [0.5, 0.6) is 0 Å². The van der Waals surface area contributed by atoms with Crippen molar-refractivity contribution < 1.29 is 4.79 Å². The van der Waals surface area contributed by atoms with Gasteiger partial charge in [-0.3, -0.25) is 4.79 Å². The van der Waals surface area contributed by atoms with Crippen molar-refractivity contribution in [3.63, 3.8) is 0 Å². The Morgan fingerprint density at radius 2 is 2.15 bits per heavy atom. The van der Waals surface area contributed by atoms with Crippen LogP contribution in [0.3, 0.4) is 0 Å². The Bertz CT molecular complexity index is 678. The summed E-state index contributed by atoms with van der Waals surface area (Å²) in [5.74, 6) is 0.0540. The normalized spacial score (nSPS) is 10.6. The third-order valence-electron chi connectivity index (χ3n) is 3.03. The number of halogens is 1. The molecule has 2 aromatic rings. The number of nitrogens with one attached hydrogen (secondary N) is 1. The smallest absolute Gasteiger partial charge is 0.227 e. The zero-order valence-electron chi connectivity index (χ0n) is 11.3. The highest BCUT2D eigenvalue weighted by atomic mass is 35.5. The van der Waals surface area contributed by atoms with Gasteiger partial charge >= 0.3 is 0 Å². The first-order chi connectivity index (χ1) is 9.47. The van der Waals surface area contributed by atoms with Crippen molar-refractivity contribution in [3.8, 4) is 0 Å². The summed E-state index contributed by atoms with van der Waals surface area (Å²) in [7, 11) is 1.78. The molecule has 0 bridgehead atoms. The lowest BCUT2D eigenvalue weighted by atomic mass is 10.2. The van der Waals surface area contributed by atoms with Crippen LogP contribution in [-0.2, 0) is 17.8 Å². The predicted molar refractivity (Wildman–Crippen MR) is 85.9 cm³/mol. The first kappa shape index (κ1) is 15.2. The van der Waals surface area contributed by atoms with Gasteiger partial charge < -0.3 is 9.88 Å². The lowest BCUT2D eigenvalue weighted by Gasteiger charge is -2.17. The standard InChI is InChI=1S/C14H15ClN2OS2/c1-9-12(20-14(19)16-9)7-13(18)17(2)8-10-5-3-4-6-11(10)15/h3-6H,7-8H2,1-2H3,(H,16,19).